The molecule has 0 radical (unpaired) electrons. The van der Waals surface area contributed by atoms with Crippen LogP contribution in [0.4, 0.5) is 0 Å². The van der Waals surface area contributed by atoms with E-state index >= 15 is 0 Å². The maximum absolute atomic E-state index is 4.32. The van der Waals surface area contributed by atoms with Gasteiger partial charge in [-0.2, -0.15) is 0 Å². The normalized spacial score (nSPS) is 9.88. The van der Waals surface area contributed by atoms with Gasteiger partial charge < -0.3 is 4.90 Å². The number of aromatic nitrogens is 1. The molecule has 0 aliphatic rings. The molecule has 2 nitrogen and oxygen atoms in total. The van der Waals surface area contributed by atoms with E-state index in [1.165, 1.54) is 5.56 Å². The standard InChI is InChI=1S/C15H16N2/c1-2-17(12-14-8-4-3-5-9-14)13-15-10-6-7-11-16-15/h2-11H,1,12-13H2. The minimum atomic E-state index is 0.791. The molecule has 2 aromatic rings. The van der Waals surface area contributed by atoms with Crippen LogP contribution in [-0.2, 0) is 13.1 Å². The van der Waals surface area contributed by atoms with Crippen molar-refractivity contribution in [1.82, 2.24) is 9.88 Å². The van der Waals surface area contributed by atoms with Gasteiger partial charge >= 0.3 is 0 Å². The molecule has 0 saturated carbocycles. The number of hydrogen-bond acceptors (Lipinski definition) is 2. The predicted molar refractivity (Wildman–Crippen MR) is 70.1 cm³/mol. The second kappa shape index (κ2) is 5.85. The summed E-state index contributed by atoms with van der Waals surface area (Å²) in [6.07, 6.45) is 3.68. The van der Waals surface area contributed by atoms with Crippen LogP contribution in [0.3, 0.4) is 0 Å². The Labute approximate surface area is 102 Å². The van der Waals surface area contributed by atoms with Crippen molar-refractivity contribution >= 4 is 0 Å². The van der Waals surface area contributed by atoms with E-state index in [2.05, 4.69) is 40.7 Å². The molecule has 1 heterocycles. The summed E-state index contributed by atoms with van der Waals surface area (Å²) in [6.45, 7) is 5.50. The Morgan fingerprint density at radius 3 is 2.41 bits per heavy atom. The highest BCUT2D eigenvalue weighted by atomic mass is 15.1. The quantitative estimate of drug-likeness (QED) is 0.775. The zero-order valence-electron chi connectivity index (χ0n) is 9.79. The monoisotopic (exact) mass is 224 g/mol. The molecule has 1 aromatic carbocycles. The second-order valence-electron chi connectivity index (χ2n) is 3.89. The fourth-order valence-electron chi connectivity index (χ4n) is 1.70. The summed E-state index contributed by atoms with van der Waals surface area (Å²) in [5.41, 5.74) is 2.34. The summed E-state index contributed by atoms with van der Waals surface area (Å²) < 4.78 is 0. The Morgan fingerprint density at radius 2 is 1.76 bits per heavy atom. The van der Waals surface area contributed by atoms with E-state index < -0.39 is 0 Å². The van der Waals surface area contributed by atoms with Crippen LogP contribution in [0.15, 0.2) is 67.5 Å². The van der Waals surface area contributed by atoms with E-state index in [0.29, 0.717) is 0 Å². The van der Waals surface area contributed by atoms with Crippen LogP contribution >= 0.6 is 0 Å². The molecule has 1 aromatic heterocycles. The molecule has 0 atom stereocenters. The lowest BCUT2D eigenvalue weighted by atomic mass is 10.2. The molecule has 86 valence electrons. The van der Waals surface area contributed by atoms with Gasteiger partial charge in [-0.1, -0.05) is 43.0 Å². The molecule has 0 fully saturated rings. The molecule has 0 saturated heterocycles. The van der Waals surface area contributed by atoms with E-state index in [1.807, 2.05) is 36.7 Å². The number of pyridine rings is 1. The molecule has 2 heteroatoms. The number of hydrogen-bond donors (Lipinski definition) is 0. The summed E-state index contributed by atoms with van der Waals surface area (Å²) in [5, 5.41) is 0. The highest BCUT2D eigenvalue weighted by Crippen LogP contribution is 2.08. The van der Waals surface area contributed by atoms with Crippen molar-refractivity contribution in [2.45, 2.75) is 13.1 Å². The lowest BCUT2D eigenvalue weighted by Crippen LogP contribution is -2.16. The Balaban J connectivity index is 2.01. The van der Waals surface area contributed by atoms with Gasteiger partial charge in [0.25, 0.3) is 0 Å². The molecular weight excluding hydrogens is 208 g/mol. The van der Waals surface area contributed by atoms with Crippen LogP contribution in [0.25, 0.3) is 0 Å². The maximum Gasteiger partial charge on any atom is 0.0600 e. The van der Waals surface area contributed by atoms with Crippen molar-refractivity contribution in [2.75, 3.05) is 0 Å². The molecule has 17 heavy (non-hydrogen) atoms. The summed E-state index contributed by atoms with van der Waals surface area (Å²) in [6, 6.07) is 16.3. The molecule has 2 rings (SSSR count). The lowest BCUT2D eigenvalue weighted by Gasteiger charge is -2.19. The van der Waals surface area contributed by atoms with Gasteiger partial charge in [-0.25, -0.2) is 0 Å². The van der Waals surface area contributed by atoms with Crippen LogP contribution in [-0.4, -0.2) is 9.88 Å². The Hall–Kier alpha value is -2.09. The van der Waals surface area contributed by atoms with Gasteiger partial charge in [-0.05, 0) is 23.9 Å². The van der Waals surface area contributed by atoms with Gasteiger partial charge in [0.15, 0.2) is 0 Å². The van der Waals surface area contributed by atoms with Gasteiger partial charge in [0.1, 0.15) is 0 Å². The van der Waals surface area contributed by atoms with Crippen molar-refractivity contribution in [2.24, 2.45) is 0 Å². The van der Waals surface area contributed by atoms with Gasteiger partial charge in [0.05, 0.1) is 12.2 Å². The largest absolute Gasteiger partial charge is 0.368 e. The van der Waals surface area contributed by atoms with Crippen LogP contribution in [0, 0.1) is 0 Å². The SMILES string of the molecule is C=CN(Cc1ccccc1)Cc1ccccn1. The zero-order valence-corrected chi connectivity index (χ0v) is 9.79. The minimum Gasteiger partial charge on any atom is -0.368 e. The predicted octanol–water partition coefficient (Wildman–Crippen LogP) is 3.23. The van der Waals surface area contributed by atoms with Gasteiger partial charge in [-0.3, -0.25) is 4.98 Å². The molecule has 0 aliphatic carbocycles. The van der Waals surface area contributed by atoms with Gasteiger partial charge in [0.2, 0.25) is 0 Å². The minimum absolute atomic E-state index is 0.791. The lowest BCUT2D eigenvalue weighted by molar-refractivity contribution is 0.358. The summed E-state index contributed by atoms with van der Waals surface area (Å²) in [7, 11) is 0. The van der Waals surface area contributed by atoms with Gasteiger partial charge in [-0.15, -0.1) is 0 Å². The van der Waals surface area contributed by atoms with Crippen molar-refractivity contribution in [3.63, 3.8) is 0 Å². The second-order valence-corrected chi connectivity index (χ2v) is 3.89. The van der Waals surface area contributed by atoms with Crippen LogP contribution in [0.1, 0.15) is 11.3 Å². The highest BCUT2D eigenvalue weighted by molar-refractivity contribution is 5.15. The van der Waals surface area contributed by atoms with E-state index in [-0.39, 0.29) is 0 Å². The molecule has 0 amide bonds. The van der Waals surface area contributed by atoms with Crippen LogP contribution in [0.2, 0.25) is 0 Å². The van der Waals surface area contributed by atoms with E-state index in [0.717, 1.165) is 18.8 Å². The Morgan fingerprint density at radius 1 is 1.00 bits per heavy atom. The fraction of sp³-hybridized carbons (Fsp3) is 0.133. The molecule has 0 spiro atoms. The molecule has 0 N–H and O–H groups in total. The van der Waals surface area contributed by atoms with E-state index in [4.69, 9.17) is 0 Å². The summed E-state index contributed by atoms with van der Waals surface area (Å²) in [5.74, 6) is 0. The van der Waals surface area contributed by atoms with Crippen molar-refractivity contribution in [3.05, 3.63) is 78.8 Å². The zero-order chi connectivity index (χ0) is 11.9. The fourth-order valence-corrected chi connectivity index (χ4v) is 1.70. The Kier molecular flexibility index (Phi) is 3.92. The highest BCUT2D eigenvalue weighted by Gasteiger charge is 2.02. The number of nitrogens with zero attached hydrogens (tertiary/aromatic N) is 2. The smallest absolute Gasteiger partial charge is 0.0600 e. The van der Waals surface area contributed by atoms with Gasteiger partial charge in [0, 0.05) is 12.7 Å². The first-order valence-electron chi connectivity index (χ1n) is 5.69. The third kappa shape index (κ3) is 3.45. The maximum atomic E-state index is 4.32. The first-order valence-corrected chi connectivity index (χ1v) is 5.69. The van der Waals surface area contributed by atoms with Crippen molar-refractivity contribution in [1.29, 1.82) is 0 Å². The third-order valence-corrected chi connectivity index (χ3v) is 2.58. The number of rotatable bonds is 5. The average Bonchev–Trinajstić information content (AvgIpc) is 2.40. The molecule has 0 aliphatic heterocycles. The average molecular weight is 224 g/mol. The summed E-state index contributed by atoms with van der Waals surface area (Å²) >= 11 is 0. The molecule has 0 unspecified atom stereocenters. The molecule has 0 bridgehead atoms. The topological polar surface area (TPSA) is 16.1 Å². The van der Waals surface area contributed by atoms with Crippen LogP contribution < -0.4 is 0 Å². The van der Waals surface area contributed by atoms with Crippen molar-refractivity contribution < 1.29 is 0 Å². The van der Waals surface area contributed by atoms with Crippen molar-refractivity contribution in [3.8, 4) is 0 Å². The molecular formula is C15H16N2. The van der Waals surface area contributed by atoms with E-state index in [1.54, 1.807) is 0 Å². The van der Waals surface area contributed by atoms with E-state index in [9.17, 15) is 0 Å². The number of benzene rings is 1. The van der Waals surface area contributed by atoms with Crippen LogP contribution in [0.5, 0.6) is 0 Å². The first kappa shape index (κ1) is 11.4. The Bertz CT molecular complexity index is 409. The first-order chi connectivity index (χ1) is 8.38. The third-order valence-electron chi connectivity index (χ3n) is 2.58. The summed E-state index contributed by atoms with van der Waals surface area (Å²) in [4.78, 5) is 6.47.